The summed E-state index contributed by atoms with van der Waals surface area (Å²) < 4.78 is 6.45. The first-order valence-corrected chi connectivity index (χ1v) is 12.2. The van der Waals surface area contributed by atoms with E-state index in [9.17, 15) is 0 Å². The van der Waals surface area contributed by atoms with E-state index >= 15 is 0 Å². The van der Waals surface area contributed by atoms with Crippen molar-refractivity contribution in [2.75, 3.05) is 0 Å². The summed E-state index contributed by atoms with van der Waals surface area (Å²) in [6.45, 7) is 8.88. The molecule has 0 aliphatic heterocycles. The Bertz CT molecular complexity index is 729. The highest BCUT2D eigenvalue weighted by atomic mass is 28.2. The number of rotatable bonds is 8. The van der Waals surface area contributed by atoms with Crippen molar-refractivity contribution in [2.24, 2.45) is 0 Å². The first kappa shape index (κ1) is 19.4. The molecule has 2 aromatic rings. The summed E-state index contributed by atoms with van der Waals surface area (Å²) in [6, 6.07) is 17.1. The van der Waals surface area contributed by atoms with Crippen LogP contribution in [-0.2, 0) is 17.2 Å². The molecule has 2 heteroatoms. The zero-order valence-corrected chi connectivity index (χ0v) is 18.4. The number of hydrogen-bond donors (Lipinski definition) is 0. The van der Waals surface area contributed by atoms with Gasteiger partial charge in [-0.2, -0.15) is 0 Å². The molecule has 0 saturated carbocycles. The van der Waals surface area contributed by atoms with Crippen LogP contribution >= 0.6 is 0 Å². The average molecular weight is 367 g/mol. The number of fused-ring (bicyclic) bond motifs is 3. The number of unbranched alkanes of at least 4 members (excludes halogenated alkanes) is 2. The van der Waals surface area contributed by atoms with E-state index < -0.39 is 0 Å². The zero-order valence-electron chi connectivity index (χ0n) is 17.0. The van der Waals surface area contributed by atoms with Crippen molar-refractivity contribution in [1.29, 1.82) is 0 Å². The third-order valence-electron chi connectivity index (χ3n) is 5.33. The van der Waals surface area contributed by atoms with Crippen LogP contribution < -0.4 is 0 Å². The lowest BCUT2D eigenvalue weighted by Crippen LogP contribution is -2.32. The second kappa shape index (κ2) is 8.54. The standard InChI is InChI=1S/C24H34OSi/c1-5-6-7-15-23(25-24(2,3)4)26-17-19-12-10-14-21-20-13-9-8-11-18(20)16-22(19)21/h8-14,23H,5-7,15-17,26H2,1-4H3. The molecule has 3 rings (SSSR count). The molecule has 0 saturated heterocycles. The van der Waals surface area contributed by atoms with E-state index in [1.54, 1.807) is 11.1 Å². The maximum Gasteiger partial charge on any atom is 0.0600 e. The highest BCUT2D eigenvalue weighted by molar-refractivity contribution is 6.36. The molecule has 0 spiro atoms. The first-order chi connectivity index (χ1) is 12.5. The number of benzene rings is 2. The molecule has 0 radical (unpaired) electrons. The molecule has 0 aromatic heterocycles. The lowest BCUT2D eigenvalue weighted by atomic mass is 10.0. The van der Waals surface area contributed by atoms with Crippen molar-refractivity contribution in [3.8, 4) is 11.1 Å². The molecule has 0 bridgehead atoms. The minimum absolute atomic E-state index is 0.0290. The van der Waals surface area contributed by atoms with Gasteiger partial charge in [0.15, 0.2) is 0 Å². The van der Waals surface area contributed by atoms with E-state index in [-0.39, 0.29) is 15.1 Å². The zero-order chi connectivity index (χ0) is 18.6. The second-order valence-corrected chi connectivity index (χ2v) is 10.7. The summed E-state index contributed by atoms with van der Waals surface area (Å²) in [6.07, 6.45) is 6.27. The highest BCUT2D eigenvalue weighted by Gasteiger charge is 2.22. The quantitative estimate of drug-likeness (QED) is 0.370. The van der Waals surface area contributed by atoms with Gasteiger partial charge in [0.1, 0.15) is 0 Å². The SMILES string of the molecule is CCCCCC(OC(C)(C)C)[SiH2]Cc1cccc2c1Cc1ccccc1-2. The van der Waals surface area contributed by atoms with Gasteiger partial charge in [-0.15, -0.1) is 0 Å². The molecule has 1 unspecified atom stereocenters. The topological polar surface area (TPSA) is 9.23 Å². The molecular weight excluding hydrogens is 332 g/mol. The summed E-state index contributed by atoms with van der Waals surface area (Å²) in [4.78, 5) is 0. The van der Waals surface area contributed by atoms with Gasteiger partial charge in [0.2, 0.25) is 0 Å². The van der Waals surface area contributed by atoms with Crippen molar-refractivity contribution < 1.29 is 4.74 Å². The Hall–Kier alpha value is -1.38. The third kappa shape index (κ3) is 4.86. The van der Waals surface area contributed by atoms with Gasteiger partial charge in [0.05, 0.1) is 15.1 Å². The monoisotopic (exact) mass is 366 g/mol. The summed E-state index contributed by atoms with van der Waals surface area (Å²) in [7, 11) is -0.307. The van der Waals surface area contributed by atoms with Gasteiger partial charge >= 0.3 is 0 Å². The predicted octanol–water partition coefficient (Wildman–Crippen LogP) is 5.65. The van der Waals surface area contributed by atoms with E-state index in [1.165, 1.54) is 48.4 Å². The van der Waals surface area contributed by atoms with Crippen LogP contribution in [0.4, 0.5) is 0 Å². The van der Waals surface area contributed by atoms with E-state index in [0.717, 1.165) is 6.42 Å². The predicted molar refractivity (Wildman–Crippen MR) is 116 cm³/mol. The van der Waals surface area contributed by atoms with E-state index in [1.807, 2.05) is 0 Å². The summed E-state index contributed by atoms with van der Waals surface area (Å²) in [5.41, 5.74) is 8.01. The molecule has 0 amide bonds. The molecular formula is C24H34OSi. The highest BCUT2D eigenvalue weighted by Crippen LogP contribution is 2.38. The smallest absolute Gasteiger partial charge is 0.0600 e. The van der Waals surface area contributed by atoms with Gasteiger partial charge in [0.25, 0.3) is 0 Å². The van der Waals surface area contributed by atoms with Crippen molar-refractivity contribution >= 4 is 9.52 Å². The van der Waals surface area contributed by atoms with E-state index in [0.29, 0.717) is 5.73 Å². The van der Waals surface area contributed by atoms with Gasteiger partial charge in [-0.1, -0.05) is 68.7 Å². The van der Waals surface area contributed by atoms with Crippen molar-refractivity contribution in [2.45, 2.75) is 77.2 Å². The average Bonchev–Trinajstić information content (AvgIpc) is 2.98. The maximum atomic E-state index is 6.45. The third-order valence-corrected chi connectivity index (χ3v) is 7.38. The molecule has 1 nitrogen and oxygen atoms in total. The van der Waals surface area contributed by atoms with Crippen LogP contribution in [-0.4, -0.2) is 20.8 Å². The molecule has 1 atom stereocenters. The number of hydrogen-bond acceptors (Lipinski definition) is 1. The Balaban J connectivity index is 1.70. The largest absolute Gasteiger partial charge is 0.377 e. The molecule has 2 aromatic carbocycles. The summed E-state index contributed by atoms with van der Waals surface area (Å²) in [5.74, 6) is 0. The molecule has 0 heterocycles. The Morgan fingerprint density at radius 2 is 1.77 bits per heavy atom. The Morgan fingerprint density at radius 1 is 1.00 bits per heavy atom. The molecule has 0 N–H and O–H groups in total. The lowest BCUT2D eigenvalue weighted by Gasteiger charge is -2.28. The molecule has 0 fully saturated rings. The van der Waals surface area contributed by atoms with Crippen LogP contribution in [0.3, 0.4) is 0 Å². The summed E-state index contributed by atoms with van der Waals surface area (Å²) in [5, 5.41) is 0. The fraction of sp³-hybridized carbons (Fsp3) is 0.500. The van der Waals surface area contributed by atoms with Crippen LogP contribution in [0.25, 0.3) is 11.1 Å². The Labute approximate surface area is 162 Å². The van der Waals surface area contributed by atoms with E-state index in [4.69, 9.17) is 4.74 Å². The summed E-state index contributed by atoms with van der Waals surface area (Å²) >= 11 is 0. The van der Waals surface area contributed by atoms with Crippen LogP contribution in [0.5, 0.6) is 0 Å². The van der Waals surface area contributed by atoms with Crippen LogP contribution in [0.1, 0.15) is 70.1 Å². The Morgan fingerprint density at radius 3 is 2.54 bits per heavy atom. The van der Waals surface area contributed by atoms with Gasteiger partial charge < -0.3 is 4.74 Å². The Kier molecular flexibility index (Phi) is 6.36. The fourth-order valence-corrected chi connectivity index (χ4v) is 6.45. The molecule has 140 valence electrons. The van der Waals surface area contributed by atoms with Crippen LogP contribution in [0.2, 0.25) is 0 Å². The molecule has 1 aliphatic rings. The lowest BCUT2D eigenvalue weighted by molar-refractivity contribution is -0.0282. The van der Waals surface area contributed by atoms with Crippen molar-refractivity contribution in [1.82, 2.24) is 0 Å². The second-order valence-electron chi connectivity index (χ2n) is 8.66. The first-order valence-electron chi connectivity index (χ1n) is 10.3. The van der Waals surface area contributed by atoms with Gasteiger partial charge in [0, 0.05) is 5.73 Å². The van der Waals surface area contributed by atoms with Crippen LogP contribution in [0, 0.1) is 0 Å². The molecule has 1 aliphatic carbocycles. The van der Waals surface area contributed by atoms with Gasteiger partial charge in [-0.3, -0.25) is 0 Å². The van der Waals surface area contributed by atoms with E-state index in [2.05, 4.69) is 70.2 Å². The van der Waals surface area contributed by atoms with Crippen molar-refractivity contribution in [3.05, 3.63) is 59.2 Å². The number of ether oxygens (including phenoxy) is 1. The van der Waals surface area contributed by atoms with Gasteiger partial charge in [-0.25, -0.2) is 0 Å². The maximum absolute atomic E-state index is 6.45. The van der Waals surface area contributed by atoms with Crippen LogP contribution in [0.15, 0.2) is 42.5 Å². The molecule has 26 heavy (non-hydrogen) atoms. The fourth-order valence-electron chi connectivity index (χ4n) is 4.16. The van der Waals surface area contributed by atoms with Crippen molar-refractivity contribution in [3.63, 3.8) is 0 Å². The normalized spacial score (nSPS) is 14.6. The van der Waals surface area contributed by atoms with Gasteiger partial charge in [-0.05, 0) is 67.5 Å². The minimum atomic E-state index is -0.307. The minimum Gasteiger partial charge on any atom is -0.377 e.